The molecule has 4 heteroatoms. The molecule has 2 atom stereocenters. The minimum atomic E-state index is -0.332. The molecule has 4 nitrogen and oxygen atoms in total. The average molecular weight is 419 g/mol. The molecule has 0 spiro atoms. The highest BCUT2D eigenvalue weighted by Crippen LogP contribution is 2.18. The van der Waals surface area contributed by atoms with Crippen LogP contribution >= 0.6 is 0 Å². The van der Waals surface area contributed by atoms with Gasteiger partial charge >= 0.3 is 11.9 Å². The minimum Gasteiger partial charge on any atom is -0.462 e. The van der Waals surface area contributed by atoms with Crippen molar-refractivity contribution < 1.29 is 19.1 Å². The first kappa shape index (κ1) is 26.2. The zero-order valence-corrected chi connectivity index (χ0v) is 19.6. The second-order valence-electron chi connectivity index (χ2n) is 8.26. The molecule has 0 amide bonds. The van der Waals surface area contributed by atoms with E-state index in [4.69, 9.17) is 9.47 Å². The molecule has 0 heterocycles. The van der Waals surface area contributed by atoms with Crippen molar-refractivity contribution in [1.82, 2.24) is 0 Å². The molecule has 1 aromatic rings. The van der Waals surface area contributed by atoms with E-state index in [-0.39, 0.29) is 11.9 Å². The average Bonchev–Trinajstić information content (AvgIpc) is 2.78. The lowest BCUT2D eigenvalue weighted by molar-refractivity contribution is 0.0465. The fraction of sp³-hybridized carbons (Fsp3) is 0.692. The van der Waals surface area contributed by atoms with Crippen LogP contribution in [0, 0.1) is 11.8 Å². The summed E-state index contributed by atoms with van der Waals surface area (Å²) in [5.74, 6) is 0.567. The molecule has 1 rings (SSSR count). The van der Waals surface area contributed by atoms with Gasteiger partial charge in [-0.2, -0.15) is 0 Å². The van der Waals surface area contributed by atoms with E-state index >= 15 is 0 Å². The predicted octanol–water partition coefficient (Wildman–Crippen LogP) is 7.21. The Bertz CT molecular complexity index is 541. The van der Waals surface area contributed by atoms with Crippen LogP contribution in [0.5, 0.6) is 0 Å². The number of rotatable bonds is 16. The minimum absolute atomic E-state index is 0.332. The highest BCUT2D eigenvalue weighted by Gasteiger charge is 2.13. The monoisotopic (exact) mass is 418 g/mol. The molecule has 0 radical (unpaired) electrons. The van der Waals surface area contributed by atoms with Crippen LogP contribution in [0.3, 0.4) is 0 Å². The molecule has 0 saturated carbocycles. The molecule has 2 unspecified atom stereocenters. The van der Waals surface area contributed by atoms with Gasteiger partial charge in [0, 0.05) is 0 Å². The second kappa shape index (κ2) is 15.9. The maximum atomic E-state index is 12.2. The Labute approximate surface area is 183 Å². The molecule has 0 aliphatic rings. The zero-order valence-electron chi connectivity index (χ0n) is 19.6. The van der Waals surface area contributed by atoms with Crippen LogP contribution in [0.2, 0.25) is 0 Å². The summed E-state index contributed by atoms with van der Waals surface area (Å²) >= 11 is 0. The Morgan fingerprint density at radius 2 is 1.03 bits per heavy atom. The van der Waals surface area contributed by atoms with Gasteiger partial charge in [0.25, 0.3) is 0 Å². The quantitative estimate of drug-likeness (QED) is 0.266. The molecular weight excluding hydrogens is 376 g/mol. The van der Waals surface area contributed by atoms with Gasteiger partial charge in [0.2, 0.25) is 0 Å². The fourth-order valence-electron chi connectivity index (χ4n) is 3.64. The number of carbonyl (C=O) groups excluding carboxylic acids is 2. The van der Waals surface area contributed by atoms with Crippen molar-refractivity contribution in [2.45, 2.75) is 91.9 Å². The van der Waals surface area contributed by atoms with Gasteiger partial charge in [-0.1, -0.05) is 79.1 Å². The van der Waals surface area contributed by atoms with Crippen molar-refractivity contribution in [2.24, 2.45) is 11.8 Å². The Morgan fingerprint density at radius 1 is 0.667 bits per heavy atom. The van der Waals surface area contributed by atoms with E-state index in [9.17, 15) is 9.59 Å². The van der Waals surface area contributed by atoms with E-state index < -0.39 is 0 Å². The molecule has 170 valence electrons. The number of unbranched alkanes of at least 4 members (excludes halogenated alkanes) is 2. The van der Waals surface area contributed by atoms with Crippen LogP contribution in [-0.4, -0.2) is 25.2 Å². The summed E-state index contributed by atoms with van der Waals surface area (Å²) in [6, 6.07) is 6.57. The molecule has 1 aromatic carbocycles. The summed E-state index contributed by atoms with van der Waals surface area (Å²) in [7, 11) is 0. The van der Waals surface area contributed by atoms with Gasteiger partial charge in [-0.15, -0.1) is 0 Å². The van der Waals surface area contributed by atoms with Crippen molar-refractivity contribution in [1.29, 1.82) is 0 Å². The smallest absolute Gasteiger partial charge is 0.338 e. The Balaban J connectivity index is 2.40. The molecule has 0 aromatic heterocycles. The maximum absolute atomic E-state index is 12.2. The molecular formula is C26H42O4. The SMILES string of the molecule is CCCCC(CC)CCOC(=O)c1ccc(C(=O)OCCC(CC)CCCC)cc1. The van der Waals surface area contributed by atoms with E-state index in [1.54, 1.807) is 24.3 Å². The fourth-order valence-corrected chi connectivity index (χ4v) is 3.64. The highest BCUT2D eigenvalue weighted by molar-refractivity contribution is 5.93. The number of hydrogen-bond donors (Lipinski definition) is 0. The maximum Gasteiger partial charge on any atom is 0.338 e. The molecule has 0 N–H and O–H groups in total. The van der Waals surface area contributed by atoms with Crippen molar-refractivity contribution in [2.75, 3.05) is 13.2 Å². The summed E-state index contributed by atoms with van der Waals surface area (Å²) in [5, 5.41) is 0. The van der Waals surface area contributed by atoms with E-state index in [2.05, 4.69) is 27.7 Å². The van der Waals surface area contributed by atoms with E-state index in [1.165, 1.54) is 38.5 Å². The van der Waals surface area contributed by atoms with Gasteiger partial charge in [-0.25, -0.2) is 9.59 Å². The molecule has 0 fully saturated rings. The van der Waals surface area contributed by atoms with Crippen LogP contribution in [0.4, 0.5) is 0 Å². The first-order chi connectivity index (χ1) is 14.5. The first-order valence-corrected chi connectivity index (χ1v) is 12.0. The van der Waals surface area contributed by atoms with Crippen molar-refractivity contribution in [3.05, 3.63) is 35.4 Å². The van der Waals surface area contributed by atoms with Gasteiger partial charge in [-0.05, 0) is 48.9 Å². The van der Waals surface area contributed by atoms with Crippen LogP contribution in [-0.2, 0) is 9.47 Å². The van der Waals surface area contributed by atoms with Gasteiger partial charge in [0.05, 0.1) is 24.3 Å². The number of ether oxygens (including phenoxy) is 2. The van der Waals surface area contributed by atoms with Crippen molar-refractivity contribution in [3.63, 3.8) is 0 Å². The second-order valence-corrected chi connectivity index (χ2v) is 8.26. The summed E-state index contributed by atoms with van der Waals surface area (Å²) in [4.78, 5) is 24.5. The van der Waals surface area contributed by atoms with Gasteiger partial charge in [0.15, 0.2) is 0 Å². The number of hydrogen-bond acceptors (Lipinski definition) is 4. The van der Waals surface area contributed by atoms with Crippen LogP contribution < -0.4 is 0 Å². The first-order valence-electron chi connectivity index (χ1n) is 12.0. The molecule has 0 bridgehead atoms. The molecule has 30 heavy (non-hydrogen) atoms. The third kappa shape index (κ3) is 10.3. The standard InChI is InChI=1S/C26H42O4/c1-5-9-11-21(7-3)17-19-29-25(27)23-13-15-24(16-14-23)26(28)30-20-18-22(8-4)12-10-6-2/h13-16,21-22H,5-12,17-20H2,1-4H3. The summed E-state index contributed by atoms with van der Waals surface area (Å²) < 4.78 is 10.8. The van der Waals surface area contributed by atoms with Crippen molar-refractivity contribution >= 4 is 11.9 Å². The Hall–Kier alpha value is -1.84. The summed E-state index contributed by atoms with van der Waals surface area (Å²) in [6.45, 7) is 9.66. The lowest BCUT2D eigenvalue weighted by atomic mass is 9.96. The third-order valence-corrected chi connectivity index (χ3v) is 5.96. The normalized spacial score (nSPS) is 12.9. The zero-order chi connectivity index (χ0) is 22.2. The lowest BCUT2D eigenvalue weighted by Gasteiger charge is -2.14. The molecule has 0 aliphatic carbocycles. The summed E-state index contributed by atoms with van der Waals surface area (Å²) in [5.41, 5.74) is 0.942. The lowest BCUT2D eigenvalue weighted by Crippen LogP contribution is -2.12. The number of esters is 2. The van der Waals surface area contributed by atoms with Crippen LogP contribution in [0.15, 0.2) is 24.3 Å². The Morgan fingerprint density at radius 3 is 1.33 bits per heavy atom. The largest absolute Gasteiger partial charge is 0.462 e. The van der Waals surface area contributed by atoms with Gasteiger partial charge < -0.3 is 9.47 Å². The van der Waals surface area contributed by atoms with E-state index in [0.29, 0.717) is 36.2 Å². The van der Waals surface area contributed by atoms with E-state index in [0.717, 1.165) is 25.7 Å². The highest BCUT2D eigenvalue weighted by atomic mass is 16.5. The number of benzene rings is 1. The van der Waals surface area contributed by atoms with Gasteiger partial charge in [0.1, 0.15) is 0 Å². The molecule has 0 saturated heterocycles. The third-order valence-electron chi connectivity index (χ3n) is 5.96. The molecule has 0 aliphatic heterocycles. The van der Waals surface area contributed by atoms with Crippen LogP contribution in [0.1, 0.15) is 113 Å². The Kier molecular flexibility index (Phi) is 13.9. The summed E-state index contributed by atoms with van der Waals surface area (Å²) in [6.07, 6.45) is 11.3. The van der Waals surface area contributed by atoms with Crippen LogP contribution in [0.25, 0.3) is 0 Å². The van der Waals surface area contributed by atoms with E-state index in [1.807, 2.05) is 0 Å². The number of carbonyl (C=O) groups is 2. The van der Waals surface area contributed by atoms with Crippen molar-refractivity contribution in [3.8, 4) is 0 Å². The topological polar surface area (TPSA) is 52.6 Å². The predicted molar refractivity (Wildman–Crippen MR) is 123 cm³/mol. The van der Waals surface area contributed by atoms with Gasteiger partial charge in [-0.3, -0.25) is 0 Å².